The predicted molar refractivity (Wildman–Crippen MR) is 106 cm³/mol. The second-order valence-corrected chi connectivity index (χ2v) is 6.81. The van der Waals surface area contributed by atoms with Crippen LogP contribution in [0.25, 0.3) is 10.9 Å². The number of guanidine groups is 1. The SMILES string of the molecule is CN=C(NCCCOCC(C)C)NCCc1c[nH]c2c(C)cccc12. The molecule has 0 amide bonds. The summed E-state index contributed by atoms with van der Waals surface area (Å²) in [6.07, 6.45) is 4.05. The van der Waals surface area contributed by atoms with Crippen LogP contribution in [0.3, 0.4) is 0 Å². The Morgan fingerprint density at radius 2 is 2.04 bits per heavy atom. The largest absolute Gasteiger partial charge is 0.381 e. The molecule has 25 heavy (non-hydrogen) atoms. The third-order valence-electron chi connectivity index (χ3n) is 4.13. The van der Waals surface area contributed by atoms with Gasteiger partial charge in [0.2, 0.25) is 0 Å². The van der Waals surface area contributed by atoms with Crippen molar-refractivity contribution >= 4 is 16.9 Å². The van der Waals surface area contributed by atoms with E-state index in [-0.39, 0.29) is 0 Å². The van der Waals surface area contributed by atoms with Crippen LogP contribution in [0.2, 0.25) is 0 Å². The van der Waals surface area contributed by atoms with Crippen molar-refractivity contribution in [2.75, 3.05) is 33.4 Å². The fourth-order valence-electron chi connectivity index (χ4n) is 2.81. The summed E-state index contributed by atoms with van der Waals surface area (Å²) < 4.78 is 5.59. The maximum atomic E-state index is 5.59. The van der Waals surface area contributed by atoms with E-state index in [4.69, 9.17) is 4.74 Å². The fourth-order valence-corrected chi connectivity index (χ4v) is 2.81. The third kappa shape index (κ3) is 6.09. The van der Waals surface area contributed by atoms with Gasteiger partial charge in [0.25, 0.3) is 0 Å². The first-order valence-corrected chi connectivity index (χ1v) is 9.19. The number of fused-ring (bicyclic) bond motifs is 1. The van der Waals surface area contributed by atoms with E-state index < -0.39 is 0 Å². The molecule has 5 nitrogen and oxygen atoms in total. The average Bonchev–Trinajstić information content (AvgIpc) is 3.00. The first-order chi connectivity index (χ1) is 12.1. The number of nitrogens with one attached hydrogen (secondary N) is 3. The molecule has 1 aromatic heterocycles. The second-order valence-electron chi connectivity index (χ2n) is 6.81. The Labute approximate surface area is 151 Å². The van der Waals surface area contributed by atoms with Gasteiger partial charge < -0.3 is 20.4 Å². The molecule has 3 N–H and O–H groups in total. The summed E-state index contributed by atoms with van der Waals surface area (Å²) in [5.41, 5.74) is 3.86. The van der Waals surface area contributed by atoms with Gasteiger partial charge in [-0.3, -0.25) is 4.99 Å². The van der Waals surface area contributed by atoms with Crippen LogP contribution >= 0.6 is 0 Å². The van der Waals surface area contributed by atoms with Crippen molar-refractivity contribution in [1.82, 2.24) is 15.6 Å². The van der Waals surface area contributed by atoms with E-state index in [0.29, 0.717) is 5.92 Å². The molecule has 0 aliphatic rings. The number of para-hydroxylation sites is 1. The zero-order valence-corrected chi connectivity index (χ0v) is 16.0. The van der Waals surface area contributed by atoms with Crippen molar-refractivity contribution in [3.63, 3.8) is 0 Å². The number of nitrogens with zero attached hydrogens (tertiary/aromatic N) is 1. The molecule has 0 spiro atoms. The molecule has 138 valence electrons. The quantitative estimate of drug-likeness (QED) is 0.372. The highest BCUT2D eigenvalue weighted by Crippen LogP contribution is 2.21. The normalized spacial score (nSPS) is 12.1. The highest BCUT2D eigenvalue weighted by molar-refractivity contribution is 5.86. The molecule has 0 saturated heterocycles. The van der Waals surface area contributed by atoms with Gasteiger partial charge in [0.05, 0.1) is 0 Å². The van der Waals surface area contributed by atoms with Crippen LogP contribution < -0.4 is 10.6 Å². The van der Waals surface area contributed by atoms with Crippen LogP contribution in [0.1, 0.15) is 31.4 Å². The molecular weight excluding hydrogens is 312 g/mol. The van der Waals surface area contributed by atoms with Crippen LogP contribution in [0.4, 0.5) is 0 Å². The minimum Gasteiger partial charge on any atom is -0.381 e. The van der Waals surface area contributed by atoms with Crippen LogP contribution in [0.5, 0.6) is 0 Å². The van der Waals surface area contributed by atoms with Gasteiger partial charge in [-0.2, -0.15) is 0 Å². The Bertz CT molecular complexity index is 675. The molecule has 1 heterocycles. The van der Waals surface area contributed by atoms with E-state index in [1.165, 1.54) is 22.0 Å². The summed E-state index contributed by atoms with van der Waals surface area (Å²) in [4.78, 5) is 7.66. The van der Waals surface area contributed by atoms with Gasteiger partial charge >= 0.3 is 0 Å². The molecule has 0 aliphatic heterocycles. The molecule has 1 aromatic carbocycles. The number of aromatic nitrogens is 1. The van der Waals surface area contributed by atoms with Crippen LogP contribution in [0.15, 0.2) is 29.4 Å². The molecule has 0 bridgehead atoms. The lowest BCUT2D eigenvalue weighted by atomic mass is 10.1. The molecule has 0 unspecified atom stereocenters. The Hall–Kier alpha value is -2.01. The number of benzene rings is 1. The predicted octanol–water partition coefficient (Wildman–Crippen LogP) is 3.25. The van der Waals surface area contributed by atoms with Gasteiger partial charge in [-0.25, -0.2) is 0 Å². The Morgan fingerprint density at radius 1 is 1.24 bits per heavy atom. The van der Waals surface area contributed by atoms with Crippen molar-refractivity contribution in [3.05, 3.63) is 35.5 Å². The van der Waals surface area contributed by atoms with E-state index in [0.717, 1.165) is 45.1 Å². The number of hydrogen-bond donors (Lipinski definition) is 3. The highest BCUT2D eigenvalue weighted by Gasteiger charge is 2.05. The van der Waals surface area contributed by atoms with E-state index in [9.17, 15) is 0 Å². The van der Waals surface area contributed by atoms with Gasteiger partial charge in [0.15, 0.2) is 5.96 Å². The Balaban J connectivity index is 1.69. The van der Waals surface area contributed by atoms with Crippen molar-refractivity contribution in [2.24, 2.45) is 10.9 Å². The van der Waals surface area contributed by atoms with Crippen molar-refractivity contribution < 1.29 is 4.74 Å². The molecule has 2 aromatic rings. The van der Waals surface area contributed by atoms with E-state index in [1.54, 1.807) is 7.05 Å². The number of H-pyrrole nitrogens is 1. The summed E-state index contributed by atoms with van der Waals surface area (Å²) in [5, 5.41) is 8.03. The number of aliphatic imine (C=N–C) groups is 1. The molecule has 0 fully saturated rings. The van der Waals surface area contributed by atoms with Crippen LogP contribution in [-0.2, 0) is 11.2 Å². The van der Waals surface area contributed by atoms with Gasteiger partial charge in [-0.15, -0.1) is 0 Å². The molecule has 5 heteroatoms. The zero-order chi connectivity index (χ0) is 18.1. The van der Waals surface area contributed by atoms with Crippen molar-refractivity contribution in [2.45, 2.75) is 33.6 Å². The van der Waals surface area contributed by atoms with Gasteiger partial charge in [-0.1, -0.05) is 32.0 Å². The number of rotatable bonds is 9. The Kier molecular flexibility index (Phi) is 7.79. The van der Waals surface area contributed by atoms with Crippen LogP contribution in [0, 0.1) is 12.8 Å². The Morgan fingerprint density at radius 3 is 2.80 bits per heavy atom. The lowest BCUT2D eigenvalue weighted by molar-refractivity contribution is 0.108. The van der Waals surface area contributed by atoms with E-state index in [1.807, 2.05) is 0 Å². The third-order valence-corrected chi connectivity index (χ3v) is 4.13. The lowest BCUT2D eigenvalue weighted by Gasteiger charge is -2.12. The van der Waals surface area contributed by atoms with Gasteiger partial charge in [-0.05, 0) is 36.8 Å². The summed E-state index contributed by atoms with van der Waals surface area (Å²) >= 11 is 0. The zero-order valence-electron chi connectivity index (χ0n) is 16.0. The standard InChI is InChI=1S/C20H32N4O/c1-15(2)14-25-12-6-10-22-20(21-4)23-11-9-17-13-24-19-16(3)7-5-8-18(17)19/h5,7-8,13,15,24H,6,9-12,14H2,1-4H3,(H2,21,22,23). The maximum Gasteiger partial charge on any atom is 0.190 e. The highest BCUT2D eigenvalue weighted by atomic mass is 16.5. The van der Waals surface area contributed by atoms with E-state index >= 15 is 0 Å². The minimum absolute atomic E-state index is 0.593. The first kappa shape index (κ1) is 19.3. The number of ether oxygens (including phenoxy) is 1. The van der Waals surface area contributed by atoms with E-state index in [2.05, 4.69) is 65.8 Å². The second kappa shape index (κ2) is 10.1. The van der Waals surface area contributed by atoms with Crippen LogP contribution in [-0.4, -0.2) is 44.3 Å². The number of aromatic amines is 1. The number of aryl methyl sites for hydroxylation is 1. The van der Waals surface area contributed by atoms with Gasteiger partial charge in [0.1, 0.15) is 0 Å². The molecule has 0 saturated carbocycles. The fraction of sp³-hybridized carbons (Fsp3) is 0.550. The topological polar surface area (TPSA) is 61.4 Å². The maximum absolute atomic E-state index is 5.59. The molecule has 0 atom stereocenters. The summed E-state index contributed by atoms with van der Waals surface area (Å²) in [6.45, 7) is 9.80. The molecule has 2 rings (SSSR count). The summed E-state index contributed by atoms with van der Waals surface area (Å²) in [5.74, 6) is 1.44. The molecular formula is C20H32N4O. The number of hydrogen-bond acceptors (Lipinski definition) is 2. The summed E-state index contributed by atoms with van der Waals surface area (Å²) in [6, 6.07) is 6.43. The average molecular weight is 345 g/mol. The molecule has 0 radical (unpaired) electrons. The first-order valence-electron chi connectivity index (χ1n) is 9.19. The lowest BCUT2D eigenvalue weighted by Crippen LogP contribution is -2.39. The summed E-state index contributed by atoms with van der Waals surface area (Å²) in [7, 11) is 1.81. The van der Waals surface area contributed by atoms with Crippen molar-refractivity contribution in [1.29, 1.82) is 0 Å². The minimum atomic E-state index is 0.593. The van der Waals surface area contributed by atoms with Gasteiger partial charge in [0, 0.05) is 50.5 Å². The monoisotopic (exact) mass is 344 g/mol. The van der Waals surface area contributed by atoms with Crippen molar-refractivity contribution in [3.8, 4) is 0 Å². The smallest absolute Gasteiger partial charge is 0.190 e. The molecule has 0 aliphatic carbocycles.